The molecule has 5 heteroatoms. The Kier molecular flexibility index (Phi) is 4.63. The highest BCUT2D eigenvalue weighted by molar-refractivity contribution is 7.98. The average Bonchev–Trinajstić information content (AvgIpc) is 2.36. The van der Waals surface area contributed by atoms with Crippen molar-refractivity contribution in [1.82, 2.24) is 0 Å². The van der Waals surface area contributed by atoms with Crippen LogP contribution in [0.1, 0.15) is 27.0 Å². The van der Waals surface area contributed by atoms with Crippen LogP contribution in [0.3, 0.4) is 0 Å². The zero-order valence-electron chi connectivity index (χ0n) is 11.6. The van der Waals surface area contributed by atoms with Gasteiger partial charge in [0.1, 0.15) is 11.6 Å². The third-order valence-corrected chi connectivity index (χ3v) is 4.07. The second kappa shape index (κ2) is 6.26. The first-order chi connectivity index (χ1) is 9.86. The zero-order chi connectivity index (χ0) is 15.6. The molecule has 1 N–H and O–H groups in total. The summed E-state index contributed by atoms with van der Waals surface area (Å²) in [5, 5.41) is 8.75. The van der Waals surface area contributed by atoms with Crippen molar-refractivity contribution in [3.63, 3.8) is 0 Å². The fraction of sp³-hybridized carbons (Fsp3) is 0.188. The number of carboxylic acids is 1. The van der Waals surface area contributed by atoms with Crippen LogP contribution in [0, 0.1) is 25.5 Å². The van der Waals surface area contributed by atoms with E-state index in [1.165, 1.54) is 0 Å². The summed E-state index contributed by atoms with van der Waals surface area (Å²) >= 11 is 1.02. The zero-order valence-corrected chi connectivity index (χ0v) is 12.4. The minimum Gasteiger partial charge on any atom is -0.478 e. The molecule has 2 aromatic carbocycles. The Bertz CT molecular complexity index is 655. The Hall–Kier alpha value is -1.88. The smallest absolute Gasteiger partial charge is 0.335 e. The monoisotopic (exact) mass is 308 g/mol. The summed E-state index contributed by atoms with van der Waals surface area (Å²) in [5.41, 5.74) is 2.76. The number of aromatic carboxylic acids is 1. The molecular formula is C16H14F2O2S. The van der Waals surface area contributed by atoms with E-state index < -0.39 is 17.6 Å². The molecule has 0 spiro atoms. The van der Waals surface area contributed by atoms with Gasteiger partial charge in [0.25, 0.3) is 0 Å². The Labute approximate surface area is 125 Å². The summed E-state index contributed by atoms with van der Waals surface area (Å²) in [6, 6.07) is 7.63. The van der Waals surface area contributed by atoms with Gasteiger partial charge in [-0.2, -0.15) is 0 Å². The highest BCUT2D eigenvalue weighted by Crippen LogP contribution is 2.29. The summed E-state index contributed by atoms with van der Waals surface area (Å²) < 4.78 is 27.6. The van der Waals surface area contributed by atoms with E-state index in [0.717, 1.165) is 40.6 Å². The van der Waals surface area contributed by atoms with E-state index in [2.05, 4.69) is 0 Å². The lowest BCUT2D eigenvalue weighted by Gasteiger charge is -2.08. The SMILES string of the molecule is Cc1cc(C)cc(CSc2c(F)cc(C(=O)O)cc2F)c1. The molecule has 0 aliphatic carbocycles. The summed E-state index contributed by atoms with van der Waals surface area (Å²) in [4.78, 5) is 10.6. The molecule has 2 nitrogen and oxygen atoms in total. The number of hydrogen-bond donors (Lipinski definition) is 1. The van der Waals surface area contributed by atoms with Crippen molar-refractivity contribution >= 4 is 17.7 Å². The number of benzene rings is 2. The summed E-state index contributed by atoms with van der Waals surface area (Å²) in [7, 11) is 0. The van der Waals surface area contributed by atoms with Gasteiger partial charge in [-0.25, -0.2) is 13.6 Å². The normalized spacial score (nSPS) is 10.7. The van der Waals surface area contributed by atoms with E-state index in [1.807, 2.05) is 32.0 Å². The maximum Gasteiger partial charge on any atom is 0.335 e. The van der Waals surface area contributed by atoms with Gasteiger partial charge >= 0.3 is 5.97 Å². The van der Waals surface area contributed by atoms with Crippen LogP contribution in [-0.2, 0) is 5.75 Å². The topological polar surface area (TPSA) is 37.3 Å². The van der Waals surface area contributed by atoms with Crippen LogP contribution >= 0.6 is 11.8 Å². The van der Waals surface area contributed by atoms with E-state index in [1.54, 1.807) is 0 Å². The number of rotatable bonds is 4. The fourth-order valence-electron chi connectivity index (χ4n) is 2.13. The van der Waals surface area contributed by atoms with E-state index >= 15 is 0 Å². The van der Waals surface area contributed by atoms with Crippen molar-refractivity contribution in [3.8, 4) is 0 Å². The Balaban J connectivity index is 2.22. The molecule has 0 saturated carbocycles. The lowest BCUT2D eigenvalue weighted by Crippen LogP contribution is -2.00. The van der Waals surface area contributed by atoms with Crippen molar-refractivity contribution < 1.29 is 18.7 Å². The molecule has 0 saturated heterocycles. The molecule has 0 bridgehead atoms. The van der Waals surface area contributed by atoms with Crippen LogP contribution < -0.4 is 0 Å². The first-order valence-electron chi connectivity index (χ1n) is 6.29. The van der Waals surface area contributed by atoms with Crippen molar-refractivity contribution in [2.45, 2.75) is 24.5 Å². The second-order valence-corrected chi connectivity index (χ2v) is 5.84. The fourth-order valence-corrected chi connectivity index (χ4v) is 3.00. The van der Waals surface area contributed by atoms with E-state index in [4.69, 9.17) is 5.11 Å². The molecule has 110 valence electrons. The minimum atomic E-state index is -1.35. The van der Waals surface area contributed by atoms with Crippen LogP contribution in [0.25, 0.3) is 0 Å². The molecule has 21 heavy (non-hydrogen) atoms. The van der Waals surface area contributed by atoms with Gasteiger partial charge < -0.3 is 5.11 Å². The number of carbonyl (C=O) groups is 1. The number of aryl methyl sites for hydroxylation is 2. The molecule has 0 aliphatic heterocycles. The van der Waals surface area contributed by atoms with Gasteiger partial charge in [-0.15, -0.1) is 11.8 Å². The molecule has 0 aliphatic rings. The third-order valence-electron chi connectivity index (χ3n) is 2.91. The first kappa shape index (κ1) is 15.5. The van der Waals surface area contributed by atoms with Gasteiger partial charge in [0.15, 0.2) is 0 Å². The highest BCUT2D eigenvalue weighted by atomic mass is 32.2. The first-order valence-corrected chi connectivity index (χ1v) is 7.27. The van der Waals surface area contributed by atoms with Gasteiger partial charge in [-0.1, -0.05) is 29.3 Å². The minimum absolute atomic E-state index is 0.154. The molecule has 2 rings (SSSR count). The van der Waals surface area contributed by atoms with Gasteiger partial charge in [0.2, 0.25) is 0 Å². The molecule has 0 radical (unpaired) electrons. The molecule has 0 aromatic heterocycles. The standard InChI is InChI=1S/C16H14F2O2S/c1-9-3-10(2)5-11(4-9)8-21-15-13(17)6-12(16(19)20)7-14(15)18/h3-7H,8H2,1-2H3,(H,19,20). The van der Waals surface area contributed by atoms with Crippen molar-refractivity contribution in [3.05, 3.63) is 64.2 Å². The van der Waals surface area contributed by atoms with Gasteiger partial charge in [-0.3, -0.25) is 0 Å². The lowest BCUT2D eigenvalue weighted by molar-refractivity contribution is 0.0695. The molecule has 0 fully saturated rings. The molecule has 2 aromatic rings. The third kappa shape index (κ3) is 3.82. The van der Waals surface area contributed by atoms with Crippen LogP contribution in [0.5, 0.6) is 0 Å². The van der Waals surface area contributed by atoms with Crippen LogP contribution in [-0.4, -0.2) is 11.1 Å². The van der Waals surface area contributed by atoms with E-state index in [0.29, 0.717) is 5.75 Å². The maximum atomic E-state index is 13.8. The van der Waals surface area contributed by atoms with Crippen molar-refractivity contribution in [2.24, 2.45) is 0 Å². The Morgan fingerprint density at radius 3 is 2.05 bits per heavy atom. The predicted molar refractivity (Wildman–Crippen MR) is 78.8 cm³/mol. The number of thioether (sulfide) groups is 1. The molecule has 0 heterocycles. The largest absolute Gasteiger partial charge is 0.478 e. The van der Waals surface area contributed by atoms with Gasteiger partial charge in [0, 0.05) is 5.75 Å². The second-order valence-electron chi connectivity index (χ2n) is 4.86. The molecule has 0 amide bonds. The van der Waals surface area contributed by atoms with E-state index in [9.17, 15) is 13.6 Å². The van der Waals surface area contributed by atoms with Crippen LogP contribution in [0.2, 0.25) is 0 Å². The highest BCUT2D eigenvalue weighted by Gasteiger charge is 2.15. The molecular weight excluding hydrogens is 294 g/mol. The summed E-state index contributed by atoms with van der Waals surface area (Å²) in [6.45, 7) is 3.92. The molecule has 0 unspecified atom stereocenters. The summed E-state index contributed by atoms with van der Waals surface area (Å²) in [5.74, 6) is -2.62. The van der Waals surface area contributed by atoms with Gasteiger partial charge in [0.05, 0.1) is 10.5 Å². The van der Waals surface area contributed by atoms with E-state index in [-0.39, 0.29) is 10.5 Å². The van der Waals surface area contributed by atoms with Crippen molar-refractivity contribution in [2.75, 3.05) is 0 Å². The quantitative estimate of drug-likeness (QED) is 0.841. The summed E-state index contributed by atoms with van der Waals surface area (Å²) in [6.07, 6.45) is 0. The predicted octanol–water partition coefficient (Wildman–Crippen LogP) is 4.57. The lowest BCUT2D eigenvalue weighted by atomic mass is 10.1. The van der Waals surface area contributed by atoms with Crippen LogP contribution in [0.4, 0.5) is 8.78 Å². The van der Waals surface area contributed by atoms with Crippen LogP contribution in [0.15, 0.2) is 35.2 Å². The Morgan fingerprint density at radius 1 is 1.05 bits per heavy atom. The van der Waals surface area contributed by atoms with Gasteiger partial charge in [-0.05, 0) is 31.5 Å². The number of hydrogen-bond acceptors (Lipinski definition) is 2. The Morgan fingerprint density at radius 2 is 1.57 bits per heavy atom. The maximum absolute atomic E-state index is 13.8. The van der Waals surface area contributed by atoms with Crippen molar-refractivity contribution in [1.29, 1.82) is 0 Å². The average molecular weight is 308 g/mol. The molecule has 0 atom stereocenters. The number of halogens is 2. The number of carboxylic acid groups (broad SMARTS) is 1.